The van der Waals surface area contributed by atoms with Crippen LogP contribution in [0.1, 0.15) is 23.0 Å². The van der Waals surface area contributed by atoms with Crippen LogP contribution in [0.15, 0.2) is 54.6 Å². The lowest BCUT2D eigenvalue weighted by Gasteiger charge is -2.34. The standard InChI is InChI=1S/C22H27ClN6O/c1-30-16-15-29-22(24-25-26-29)21(19-7-9-20(23)10-8-19)28-13-11-27(12-14-28)17-18-5-3-2-4-6-18/h2-10,21H,11-17H2,1H3/p+2/t21-/m0/s1. The van der Waals surface area contributed by atoms with Gasteiger partial charge < -0.3 is 14.5 Å². The van der Waals surface area contributed by atoms with E-state index in [1.807, 2.05) is 16.8 Å². The Morgan fingerprint density at radius 2 is 1.77 bits per heavy atom. The summed E-state index contributed by atoms with van der Waals surface area (Å²) in [6, 6.07) is 18.9. The quantitative estimate of drug-likeness (QED) is 0.532. The molecule has 0 radical (unpaired) electrons. The van der Waals surface area contributed by atoms with Gasteiger partial charge in [-0.3, -0.25) is 0 Å². The van der Waals surface area contributed by atoms with Gasteiger partial charge in [-0.2, -0.15) is 0 Å². The Labute approximate surface area is 182 Å². The summed E-state index contributed by atoms with van der Waals surface area (Å²) in [5.74, 6) is 0.885. The van der Waals surface area contributed by atoms with E-state index in [2.05, 4.69) is 58.0 Å². The van der Waals surface area contributed by atoms with Gasteiger partial charge in [0.2, 0.25) is 5.82 Å². The molecule has 1 fully saturated rings. The van der Waals surface area contributed by atoms with E-state index in [1.165, 1.54) is 16.0 Å². The van der Waals surface area contributed by atoms with Crippen molar-refractivity contribution in [1.82, 2.24) is 20.2 Å². The average Bonchev–Trinajstić information content (AvgIpc) is 3.24. The molecule has 0 unspecified atom stereocenters. The monoisotopic (exact) mass is 428 g/mol. The predicted molar refractivity (Wildman–Crippen MR) is 115 cm³/mol. The third-order valence-electron chi connectivity index (χ3n) is 5.83. The van der Waals surface area contributed by atoms with Crippen LogP contribution in [0.4, 0.5) is 0 Å². The molecule has 2 heterocycles. The molecule has 1 aliphatic rings. The van der Waals surface area contributed by atoms with Crippen LogP contribution in [0.3, 0.4) is 0 Å². The van der Waals surface area contributed by atoms with Crippen LogP contribution >= 0.6 is 11.6 Å². The van der Waals surface area contributed by atoms with E-state index in [0.29, 0.717) is 13.2 Å². The molecule has 0 spiro atoms. The van der Waals surface area contributed by atoms with Gasteiger partial charge in [0.25, 0.3) is 0 Å². The summed E-state index contributed by atoms with van der Waals surface area (Å²) in [4.78, 5) is 3.11. The number of piperazine rings is 1. The van der Waals surface area contributed by atoms with E-state index < -0.39 is 0 Å². The van der Waals surface area contributed by atoms with Gasteiger partial charge in [0.15, 0.2) is 6.04 Å². The van der Waals surface area contributed by atoms with Gasteiger partial charge in [-0.1, -0.05) is 54.1 Å². The molecule has 4 rings (SSSR count). The molecule has 0 aliphatic carbocycles. The Morgan fingerprint density at radius 1 is 1.03 bits per heavy atom. The van der Waals surface area contributed by atoms with Gasteiger partial charge in [-0.25, -0.2) is 4.68 Å². The van der Waals surface area contributed by atoms with Crippen molar-refractivity contribution in [2.75, 3.05) is 39.9 Å². The van der Waals surface area contributed by atoms with E-state index in [9.17, 15) is 0 Å². The number of tetrazole rings is 1. The molecule has 158 valence electrons. The van der Waals surface area contributed by atoms with E-state index in [0.717, 1.165) is 43.6 Å². The number of quaternary nitrogens is 2. The molecule has 2 aromatic carbocycles. The zero-order chi connectivity index (χ0) is 20.8. The molecule has 3 aromatic rings. The number of benzene rings is 2. The highest BCUT2D eigenvalue weighted by molar-refractivity contribution is 6.30. The first-order chi connectivity index (χ1) is 14.7. The normalized spacial score (nSPS) is 20.2. The van der Waals surface area contributed by atoms with Crippen molar-refractivity contribution in [1.29, 1.82) is 0 Å². The second kappa shape index (κ2) is 10.1. The first-order valence-corrected chi connectivity index (χ1v) is 10.8. The van der Waals surface area contributed by atoms with Crippen molar-refractivity contribution < 1.29 is 14.5 Å². The number of nitrogens with one attached hydrogen (secondary N) is 2. The lowest BCUT2D eigenvalue weighted by Crippen LogP contribution is -3.27. The van der Waals surface area contributed by atoms with E-state index >= 15 is 0 Å². The van der Waals surface area contributed by atoms with Crippen molar-refractivity contribution >= 4 is 11.6 Å². The molecule has 8 heteroatoms. The topological polar surface area (TPSA) is 61.7 Å². The predicted octanol–water partition coefficient (Wildman–Crippen LogP) is 0.0459. The van der Waals surface area contributed by atoms with Gasteiger partial charge >= 0.3 is 0 Å². The van der Waals surface area contributed by atoms with Crippen molar-refractivity contribution in [3.05, 3.63) is 76.6 Å². The molecular formula is C22H29ClN6O+2. The summed E-state index contributed by atoms with van der Waals surface area (Å²) < 4.78 is 7.12. The van der Waals surface area contributed by atoms with Crippen LogP contribution in [0, 0.1) is 0 Å². The Bertz CT molecular complexity index is 909. The number of halogens is 1. The molecule has 0 bridgehead atoms. The Kier molecular flexibility index (Phi) is 7.07. The van der Waals surface area contributed by atoms with Crippen LogP contribution in [-0.4, -0.2) is 60.1 Å². The summed E-state index contributed by atoms with van der Waals surface area (Å²) >= 11 is 6.15. The number of hydrogen-bond donors (Lipinski definition) is 2. The summed E-state index contributed by atoms with van der Waals surface area (Å²) in [6.07, 6.45) is 0. The fraction of sp³-hybridized carbons (Fsp3) is 0.409. The van der Waals surface area contributed by atoms with E-state index in [1.54, 1.807) is 12.0 Å². The highest BCUT2D eigenvalue weighted by Crippen LogP contribution is 2.19. The number of rotatable bonds is 8. The average molecular weight is 429 g/mol. The first kappa shape index (κ1) is 20.9. The smallest absolute Gasteiger partial charge is 0.214 e. The van der Waals surface area contributed by atoms with Crippen LogP contribution in [0.5, 0.6) is 0 Å². The van der Waals surface area contributed by atoms with Crippen LogP contribution in [-0.2, 0) is 17.8 Å². The third kappa shape index (κ3) is 5.05. The molecule has 7 nitrogen and oxygen atoms in total. The van der Waals surface area contributed by atoms with Crippen molar-refractivity contribution in [3.63, 3.8) is 0 Å². The van der Waals surface area contributed by atoms with E-state index in [4.69, 9.17) is 16.3 Å². The fourth-order valence-electron chi connectivity index (χ4n) is 4.25. The SMILES string of the molecule is COCCn1nnnc1[C@H](c1ccc(Cl)cc1)[NH+]1CC[NH+](Cc2ccccc2)CC1. The minimum Gasteiger partial charge on any atom is -0.383 e. The summed E-state index contributed by atoms with van der Waals surface area (Å²) in [7, 11) is 1.70. The molecule has 2 N–H and O–H groups in total. The van der Waals surface area contributed by atoms with Gasteiger partial charge in [-0.15, -0.1) is 5.10 Å². The van der Waals surface area contributed by atoms with Crippen molar-refractivity contribution in [3.8, 4) is 0 Å². The Balaban J connectivity index is 1.52. The maximum Gasteiger partial charge on any atom is 0.214 e. The second-order valence-electron chi connectivity index (χ2n) is 7.81. The zero-order valence-corrected chi connectivity index (χ0v) is 18.1. The maximum atomic E-state index is 6.15. The molecule has 1 atom stereocenters. The van der Waals surface area contributed by atoms with Gasteiger partial charge in [0.1, 0.15) is 32.7 Å². The number of aromatic nitrogens is 4. The van der Waals surface area contributed by atoms with Crippen LogP contribution < -0.4 is 9.80 Å². The Morgan fingerprint density at radius 3 is 2.47 bits per heavy atom. The molecule has 0 saturated carbocycles. The molecule has 1 saturated heterocycles. The number of hydrogen-bond acceptors (Lipinski definition) is 4. The van der Waals surface area contributed by atoms with Gasteiger partial charge in [0, 0.05) is 23.3 Å². The summed E-state index contributed by atoms with van der Waals surface area (Å²) in [5, 5.41) is 13.3. The Hall–Kier alpha value is -2.32. The number of ether oxygens (including phenoxy) is 1. The van der Waals surface area contributed by atoms with Crippen molar-refractivity contribution in [2.24, 2.45) is 0 Å². The second-order valence-corrected chi connectivity index (χ2v) is 8.24. The first-order valence-electron chi connectivity index (χ1n) is 10.5. The summed E-state index contributed by atoms with van der Waals surface area (Å²) in [5.41, 5.74) is 2.59. The van der Waals surface area contributed by atoms with Gasteiger partial charge in [-0.05, 0) is 22.6 Å². The largest absolute Gasteiger partial charge is 0.383 e. The lowest BCUT2D eigenvalue weighted by molar-refractivity contribution is -1.03. The molecule has 1 aromatic heterocycles. The van der Waals surface area contributed by atoms with Crippen molar-refractivity contribution in [2.45, 2.75) is 19.1 Å². The highest BCUT2D eigenvalue weighted by atomic mass is 35.5. The molecular weight excluding hydrogens is 400 g/mol. The third-order valence-corrected chi connectivity index (χ3v) is 6.08. The number of methoxy groups -OCH3 is 1. The molecule has 1 aliphatic heterocycles. The fourth-order valence-corrected chi connectivity index (χ4v) is 4.38. The van der Waals surface area contributed by atoms with Gasteiger partial charge in [0.05, 0.1) is 13.2 Å². The van der Waals surface area contributed by atoms with Crippen LogP contribution in [0.2, 0.25) is 5.02 Å². The zero-order valence-electron chi connectivity index (χ0n) is 17.3. The summed E-state index contributed by atoms with van der Waals surface area (Å²) in [6.45, 7) is 6.66. The lowest BCUT2D eigenvalue weighted by atomic mass is 10.0. The molecule has 30 heavy (non-hydrogen) atoms. The van der Waals surface area contributed by atoms with E-state index in [-0.39, 0.29) is 6.04 Å². The minimum absolute atomic E-state index is 0.0763. The minimum atomic E-state index is 0.0763. The maximum absolute atomic E-state index is 6.15. The highest BCUT2D eigenvalue weighted by Gasteiger charge is 2.35. The number of nitrogens with zero attached hydrogens (tertiary/aromatic N) is 4. The van der Waals surface area contributed by atoms with Crippen LogP contribution in [0.25, 0.3) is 0 Å². The molecule has 0 amide bonds.